The molecular weight excluding hydrogens is 318 g/mol. The van der Waals surface area contributed by atoms with Crippen LogP contribution in [0, 0.1) is 12.8 Å². The van der Waals surface area contributed by atoms with Crippen molar-refractivity contribution in [2.24, 2.45) is 5.92 Å². The predicted octanol–water partition coefficient (Wildman–Crippen LogP) is 4.88. The molecule has 1 aromatic carbocycles. The highest BCUT2D eigenvalue weighted by Gasteiger charge is 2.44. The molecule has 0 saturated heterocycles. The van der Waals surface area contributed by atoms with Crippen molar-refractivity contribution in [1.29, 1.82) is 0 Å². The van der Waals surface area contributed by atoms with E-state index in [0.717, 1.165) is 11.8 Å². The Morgan fingerprint density at radius 3 is 2.63 bits per heavy atom. The largest absolute Gasteiger partial charge is 0.313 e. The maximum Gasteiger partial charge on any atom is 0.0704 e. The minimum atomic E-state index is 0.479. The van der Waals surface area contributed by atoms with Crippen LogP contribution in [-0.4, -0.2) is 7.05 Å². The highest BCUT2D eigenvalue weighted by atomic mass is 79.9. The maximum atomic E-state index is 3.60. The Morgan fingerprint density at radius 2 is 2.05 bits per heavy atom. The van der Waals surface area contributed by atoms with Crippen LogP contribution in [0.3, 0.4) is 0 Å². The van der Waals surface area contributed by atoms with Gasteiger partial charge in [-0.15, -0.1) is 11.3 Å². The summed E-state index contributed by atoms with van der Waals surface area (Å²) in [5.41, 5.74) is 2.95. The van der Waals surface area contributed by atoms with Crippen molar-refractivity contribution in [3.63, 3.8) is 0 Å². The minimum Gasteiger partial charge on any atom is -0.313 e. The second-order valence-electron chi connectivity index (χ2n) is 5.25. The fraction of sp³-hybridized carbons (Fsp3) is 0.375. The van der Waals surface area contributed by atoms with Gasteiger partial charge < -0.3 is 5.32 Å². The van der Waals surface area contributed by atoms with Gasteiger partial charge in [-0.05, 0) is 65.4 Å². The molecule has 0 spiro atoms. The molecule has 2 aromatic rings. The molecule has 1 nitrogen and oxygen atoms in total. The molecule has 1 saturated carbocycles. The molecule has 1 aliphatic rings. The second-order valence-corrected chi connectivity index (χ2v) is 7.88. The van der Waals surface area contributed by atoms with Crippen molar-refractivity contribution < 1.29 is 0 Å². The third-order valence-corrected chi connectivity index (χ3v) is 5.64. The number of hydrogen-bond acceptors (Lipinski definition) is 2. The zero-order valence-electron chi connectivity index (χ0n) is 11.2. The molecule has 3 atom stereocenters. The molecule has 1 N–H and O–H groups in total. The van der Waals surface area contributed by atoms with Crippen LogP contribution in [0.15, 0.2) is 40.2 Å². The molecule has 100 valence electrons. The van der Waals surface area contributed by atoms with Crippen molar-refractivity contribution in [1.82, 2.24) is 5.32 Å². The Hall–Kier alpha value is -0.640. The molecule has 19 heavy (non-hydrogen) atoms. The molecule has 3 heteroatoms. The summed E-state index contributed by atoms with van der Waals surface area (Å²) in [5.74, 6) is 1.45. The Morgan fingerprint density at radius 1 is 1.32 bits per heavy atom. The summed E-state index contributed by atoms with van der Waals surface area (Å²) in [5, 5.41) is 3.52. The molecule has 3 unspecified atom stereocenters. The Labute approximate surface area is 127 Å². The SMILES string of the molecule is CNC(c1cc(Br)sc1C)C1CC1c1ccccc1. The smallest absolute Gasteiger partial charge is 0.0704 e. The molecule has 1 aromatic heterocycles. The molecule has 0 aliphatic heterocycles. The molecule has 0 bridgehead atoms. The Bertz CT molecular complexity index is 563. The number of thiophene rings is 1. The summed E-state index contributed by atoms with van der Waals surface area (Å²) in [6.45, 7) is 2.22. The number of hydrogen-bond donors (Lipinski definition) is 1. The van der Waals surface area contributed by atoms with Gasteiger partial charge in [0.15, 0.2) is 0 Å². The minimum absolute atomic E-state index is 0.479. The lowest BCUT2D eigenvalue weighted by Gasteiger charge is -2.16. The normalized spacial score (nSPS) is 23.3. The first-order valence-electron chi connectivity index (χ1n) is 6.68. The van der Waals surface area contributed by atoms with E-state index in [1.54, 1.807) is 0 Å². The summed E-state index contributed by atoms with van der Waals surface area (Å²) in [4.78, 5) is 1.42. The average Bonchev–Trinajstić information content (AvgIpc) is 3.12. The van der Waals surface area contributed by atoms with Gasteiger partial charge in [-0.1, -0.05) is 30.3 Å². The van der Waals surface area contributed by atoms with Crippen LogP contribution >= 0.6 is 27.3 Å². The van der Waals surface area contributed by atoms with E-state index in [1.165, 1.54) is 26.2 Å². The van der Waals surface area contributed by atoms with Crippen molar-refractivity contribution in [3.05, 3.63) is 56.2 Å². The standard InChI is InChI=1S/C16H18BrNS/c1-10-12(9-15(17)19-10)16(18-2)14-8-13(14)11-6-4-3-5-7-11/h3-7,9,13-14,16,18H,8H2,1-2H3. The first-order chi connectivity index (χ1) is 9.20. The second kappa shape index (κ2) is 5.39. The molecule has 1 aliphatic carbocycles. The molecule has 0 radical (unpaired) electrons. The quantitative estimate of drug-likeness (QED) is 0.839. The van der Waals surface area contributed by atoms with Gasteiger partial charge >= 0.3 is 0 Å². The molecule has 0 amide bonds. The summed E-state index contributed by atoms with van der Waals surface area (Å²) >= 11 is 5.43. The van der Waals surface area contributed by atoms with E-state index in [0.29, 0.717) is 6.04 Å². The van der Waals surface area contributed by atoms with Crippen LogP contribution in [0.4, 0.5) is 0 Å². The number of nitrogens with one attached hydrogen (secondary N) is 1. The third-order valence-electron chi connectivity index (χ3n) is 4.07. The van der Waals surface area contributed by atoms with Crippen molar-refractivity contribution in [3.8, 4) is 0 Å². The Balaban J connectivity index is 1.81. The highest BCUT2D eigenvalue weighted by Crippen LogP contribution is 2.54. The third kappa shape index (κ3) is 2.64. The number of halogens is 1. The molecular formula is C16H18BrNS. The fourth-order valence-electron chi connectivity index (χ4n) is 3.03. The molecule has 3 rings (SSSR count). The molecule has 1 fully saturated rings. The van der Waals surface area contributed by atoms with Crippen LogP contribution in [0.2, 0.25) is 0 Å². The van der Waals surface area contributed by atoms with Crippen LogP contribution in [0.5, 0.6) is 0 Å². The van der Waals surface area contributed by atoms with Gasteiger partial charge in [-0.3, -0.25) is 0 Å². The van der Waals surface area contributed by atoms with Gasteiger partial charge in [0.2, 0.25) is 0 Å². The topological polar surface area (TPSA) is 12.0 Å². The highest BCUT2D eigenvalue weighted by molar-refractivity contribution is 9.11. The van der Waals surface area contributed by atoms with E-state index >= 15 is 0 Å². The summed E-state index contributed by atoms with van der Waals surface area (Å²) in [6.07, 6.45) is 1.29. The van der Waals surface area contributed by atoms with Gasteiger partial charge in [0, 0.05) is 10.9 Å². The fourth-order valence-corrected chi connectivity index (χ4v) is 4.79. The van der Waals surface area contributed by atoms with E-state index in [1.807, 2.05) is 11.3 Å². The van der Waals surface area contributed by atoms with Crippen LogP contribution in [0.25, 0.3) is 0 Å². The van der Waals surface area contributed by atoms with E-state index in [9.17, 15) is 0 Å². The number of rotatable bonds is 4. The maximum absolute atomic E-state index is 3.60. The van der Waals surface area contributed by atoms with Crippen molar-refractivity contribution in [2.45, 2.75) is 25.3 Å². The van der Waals surface area contributed by atoms with Crippen LogP contribution < -0.4 is 5.32 Å². The van der Waals surface area contributed by atoms with Crippen LogP contribution in [0.1, 0.15) is 34.4 Å². The van der Waals surface area contributed by atoms with Crippen molar-refractivity contribution >= 4 is 27.3 Å². The monoisotopic (exact) mass is 335 g/mol. The van der Waals surface area contributed by atoms with Gasteiger partial charge in [0.05, 0.1) is 3.79 Å². The molecule has 1 heterocycles. The number of benzene rings is 1. The van der Waals surface area contributed by atoms with E-state index in [-0.39, 0.29) is 0 Å². The summed E-state index contributed by atoms with van der Waals surface area (Å²) < 4.78 is 1.23. The number of aryl methyl sites for hydroxylation is 1. The van der Waals surface area contributed by atoms with Crippen molar-refractivity contribution in [2.75, 3.05) is 7.05 Å². The van der Waals surface area contributed by atoms with E-state index < -0.39 is 0 Å². The van der Waals surface area contributed by atoms with Gasteiger partial charge in [-0.25, -0.2) is 0 Å². The summed E-state index contributed by atoms with van der Waals surface area (Å²) in [7, 11) is 2.08. The zero-order valence-corrected chi connectivity index (χ0v) is 13.6. The van der Waals surface area contributed by atoms with Gasteiger partial charge in [0.25, 0.3) is 0 Å². The summed E-state index contributed by atoms with van der Waals surface area (Å²) in [6, 6.07) is 13.7. The first-order valence-corrected chi connectivity index (χ1v) is 8.29. The lowest BCUT2D eigenvalue weighted by Crippen LogP contribution is -2.19. The van der Waals surface area contributed by atoms with E-state index in [4.69, 9.17) is 0 Å². The average molecular weight is 336 g/mol. The van der Waals surface area contributed by atoms with Gasteiger partial charge in [0.1, 0.15) is 0 Å². The first kappa shape index (κ1) is 13.3. The zero-order chi connectivity index (χ0) is 13.4. The Kier molecular flexibility index (Phi) is 3.79. The van der Waals surface area contributed by atoms with Gasteiger partial charge in [-0.2, -0.15) is 0 Å². The van der Waals surface area contributed by atoms with Crippen LogP contribution in [-0.2, 0) is 0 Å². The van der Waals surface area contributed by atoms with E-state index in [2.05, 4.69) is 71.6 Å². The lowest BCUT2D eigenvalue weighted by atomic mass is 9.99. The predicted molar refractivity (Wildman–Crippen MR) is 85.8 cm³/mol. The lowest BCUT2D eigenvalue weighted by molar-refractivity contribution is 0.517.